The Labute approximate surface area is 756 Å². The molecule has 0 heterocycles. The molecule has 5 unspecified atom stereocenters. The number of allylic oxidation sites excluding steroid dienone is 2. The first-order valence-electron chi connectivity index (χ1n) is 36.2. The van der Waals surface area contributed by atoms with Gasteiger partial charge in [-0.3, -0.25) is 4.79 Å². The van der Waals surface area contributed by atoms with E-state index in [9.17, 15) is 246 Å². The van der Waals surface area contributed by atoms with Crippen LogP contribution in [0.3, 0.4) is 0 Å². The quantitative estimate of drug-likeness (QED) is 0.0164. The first-order chi connectivity index (χ1) is 60.3. The summed E-state index contributed by atoms with van der Waals surface area (Å²) in [5.41, 5.74) is -57.0. The van der Waals surface area contributed by atoms with Crippen LogP contribution >= 0.6 is 0 Å². The third-order valence-electron chi connectivity index (χ3n) is 18.9. The fraction of sp³-hybridized carbons (Fsp3) is 0.712. The van der Waals surface area contributed by atoms with Gasteiger partial charge in [0.05, 0.1) is 5.92 Å². The van der Waals surface area contributed by atoms with E-state index < -0.39 is 249 Å². The van der Waals surface area contributed by atoms with E-state index in [-0.39, 0.29) is 45.1 Å². The van der Waals surface area contributed by atoms with E-state index in [1.54, 1.807) is 6.08 Å². The lowest BCUT2D eigenvalue weighted by Gasteiger charge is -2.43. The molecular formula is C73H82F46O21. The average Bonchev–Trinajstić information content (AvgIpc) is 1.67. The molecule has 822 valence electrons. The Morgan fingerprint density at radius 3 is 0.714 bits per heavy atom. The first kappa shape index (κ1) is 139. The number of esters is 7. The maximum absolute atomic E-state index is 12.9. The number of rotatable bonds is 23. The number of carbonyl (C=O) groups is 7. The summed E-state index contributed by atoms with van der Waals surface area (Å²) in [6, 6.07) is 0. The standard InChI is InChI=1S/C14H16F6O3.C11H14F6O3.C10H9F9O3.2C10H12F6O3.C9H9F7O3.C9H10F6O3/c1-11(2,12(22,13(15,16)17)14(18,19)20)23-10(21)9-6-7-3-4-8(9)5-7;1-5(2)7(20-8(18)6(3)4)9(19,10(12,13)14)11(15,16)17;1-4(7(11,12)13)5(20)22-6(2,3)8(21,9(14,15)16)10(17,18)19;1-5(2)6(17)19-7(3,4)8(18,9(11,12)13)10(14,15)16;1-4-6(17)19-7(5(2)3)8(18,9(11,12)13)10(14,15)16;1-4(10)5(17)19-6(2,3)7(18,8(11,12)13)9(14,15)16;1-4-5(16)18-6(2,3)7(17,8(10,11)12)9(13,14)15/h3-4,7-9,22H,5-6H2,1-2H3;5,7,19H,3H2,1-2,4H3;21H,1H2,2-3H3;18H,1H2,2-4H3;4-5,7,18H,1H2,2-3H3;18H,1H2,2-3H3;4,17H,1H2,2-3H3. The molecule has 0 radical (unpaired) electrons. The van der Waals surface area contributed by atoms with Crippen molar-refractivity contribution in [2.75, 3.05) is 0 Å². The third-order valence-corrected chi connectivity index (χ3v) is 18.9. The highest BCUT2D eigenvalue weighted by Gasteiger charge is 2.85. The molecule has 2 aliphatic rings. The van der Waals surface area contributed by atoms with Crippen molar-refractivity contribution in [3.05, 3.63) is 86.3 Å². The number of carbonyl (C=O) groups excluding carboxylic acids is 7. The van der Waals surface area contributed by atoms with Gasteiger partial charge in [0, 0.05) is 23.3 Å². The van der Waals surface area contributed by atoms with Crippen LogP contribution in [0, 0.1) is 29.6 Å². The molecule has 5 atom stereocenters. The van der Waals surface area contributed by atoms with Crippen LogP contribution in [0.4, 0.5) is 202 Å². The zero-order chi connectivity index (χ0) is 115. The fourth-order valence-corrected chi connectivity index (χ4v) is 11.0. The van der Waals surface area contributed by atoms with Gasteiger partial charge in [-0.05, 0) is 120 Å². The van der Waals surface area contributed by atoms with Crippen LogP contribution in [-0.4, -0.2) is 250 Å². The molecule has 2 rings (SSSR count). The van der Waals surface area contributed by atoms with Gasteiger partial charge in [-0.1, -0.05) is 79.3 Å². The molecule has 2 bridgehead atoms. The topological polar surface area (TPSA) is 326 Å². The van der Waals surface area contributed by atoms with Gasteiger partial charge in [0.2, 0.25) is 5.83 Å². The number of halogens is 46. The normalized spacial score (nSPS) is 16.9. The molecule has 67 heteroatoms. The highest BCUT2D eigenvalue weighted by atomic mass is 19.5. The largest absolute Gasteiger partial charge is 0.456 e. The predicted octanol–water partition coefficient (Wildman–Crippen LogP) is 20.0. The van der Waals surface area contributed by atoms with Gasteiger partial charge in [0.1, 0.15) is 5.57 Å². The van der Waals surface area contributed by atoms with Crippen molar-refractivity contribution in [2.24, 2.45) is 29.6 Å². The van der Waals surface area contributed by atoms with Crippen molar-refractivity contribution < 1.29 is 304 Å². The Balaban J connectivity index is -0.000000507. The lowest BCUT2D eigenvalue weighted by atomic mass is 9.83. The Bertz CT molecular complexity index is 4140. The summed E-state index contributed by atoms with van der Waals surface area (Å²) in [5, 5.41) is 63.7. The van der Waals surface area contributed by atoms with Crippen molar-refractivity contribution in [1.82, 2.24) is 0 Å². The number of hydrogen-bond donors (Lipinski definition) is 7. The molecule has 1 fully saturated rings. The maximum Gasteiger partial charge on any atom is 0.430 e. The van der Waals surface area contributed by atoms with Crippen LogP contribution in [0.15, 0.2) is 86.3 Å². The van der Waals surface area contributed by atoms with E-state index in [0.29, 0.717) is 66.5 Å². The molecule has 0 aromatic heterocycles. The lowest BCUT2D eigenvalue weighted by Crippen LogP contribution is -2.70. The predicted molar refractivity (Wildman–Crippen MR) is 374 cm³/mol. The number of alkyl halides is 45. The molecular weight excluding hydrogens is 2090 g/mol. The summed E-state index contributed by atoms with van der Waals surface area (Å²) in [7, 11) is 0. The van der Waals surface area contributed by atoms with Crippen LogP contribution in [0.25, 0.3) is 0 Å². The number of aliphatic hydroxyl groups is 7. The second kappa shape index (κ2) is 44.7. The molecule has 0 saturated heterocycles. The maximum atomic E-state index is 12.9. The Morgan fingerprint density at radius 2 is 0.529 bits per heavy atom. The van der Waals surface area contributed by atoms with Gasteiger partial charge < -0.3 is 68.9 Å². The van der Waals surface area contributed by atoms with E-state index in [1.807, 2.05) is 6.08 Å². The summed E-state index contributed by atoms with van der Waals surface area (Å²) in [5.74, 6) is -17.5. The number of fused-ring (bicyclic) bond motifs is 2. The molecule has 21 nitrogen and oxygen atoms in total. The molecule has 0 aromatic carbocycles. The summed E-state index contributed by atoms with van der Waals surface area (Å²) < 4.78 is 606. The molecule has 0 aliphatic heterocycles. The van der Waals surface area contributed by atoms with Crippen molar-refractivity contribution in [3.63, 3.8) is 0 Å². The smallest absolute Gasteiger partial charge is 0.430 e. The minimum atomic E-state index is -6.38. The van der Waals surface area contributed by atoms with Crippen LogP contribution < -0.4 is 0 Å². The third kappa shape index (κ3) is 30.8. The van der Waals surface area contributed by atoms with E-state index in [4.69, 9.17) is 25.5 Å². The highest BCUT2D eigenvalue weighted by molar-refractivity contribution is 5.90. The van der Waals surface area contributed by atoms with Crippen LogP contribution in [0.2, 0.25) is 0 Å². The van der Waals surface area contributed by atoms with E-state index in [0.717, 1.165) is 41.5 Å². The molecule has 1 saturated carbocycles. The Kier molecular flexibility index (Phi) is 44.5. The molecule has 0 spiro atoms. The number of hydrogen-bond acceptors (Lipinski definition) is 21. The second-order valence-corrected chi connectivity index (χ2v) is 32.0. The lowest BCUT2D eigenvalue weighted by molar-refractivity contribution is -0.408. The molecule has 140 heavy (non-hydrogen) atoms. The fourth-order valence-electron chi connectivity index (χ4n) is 11.0. The Morgan fingerprint density at radius 1 is 0.307 bits per heavy atom. The highest BCUT2D eigenvalue weighted by Crippen LogP contribution is 2.59. The molecule has 7 N–H and O–H groups in total. The van der Waals surface area contributed by atoms with Gasteiger partial charge in [0.15, 0.2) is 40.2 Å². The van der Waals surface area contributed by atoms with Crippen LogP contribution in [-0.2, 0) is 66.7 Å². The van der Waals surface area contributed by atoms with Gasteiger partial charge in [-0.25, -0.2) is 28.8 Å². The van der Waals surface area contributed by atoms with E-state index in [2.05, 4.69) is 72.6 Å². The van der Waals surface area contributed by atoms with E-state index >= 15 is 0 Å². The van der Waals surface area contributed by atoms with Gasteiger partial charge in [-0.2, -0.15) is 202 Å². The monoisotopic (exact) mass is 2170 g/mol. The van der Waals surface area contributed by atoms with Crippen molar-refractivity contribution >= 4 is 41.8 Å². The minimum absolute atomic E-state index is 0.0322. The number of ether oxygens (including phenoxy) is 7. The first-order valence-corrected chi connectivity index (χ1v) is 36.2. The zero-order valence-electron chi connectivity index (χ0n) is 73.2. The Hall–Kier alpha value is -9.03. The molecule has 2 aliphatic carbocycles. The minimum Gasteiger partial charge on any atom is -0.456 e. The average molecular weight is 2170 g/mol. The summed E-state index contributed by atoms with van der Waals surface area (Å²) in [4.78, 5) is 77.6. The van der Waals surface area contributed by atoms with Crippen LogP contribution in [0.1, 0.15) is 124 Å². The summed E-state index contributed by atoms with van der Waals surface area (Å²) in [6.07, 6.45) is -91.6. The van der Waals surface area contributed by atoms with Crippen molar-refractivity contribution in [1.29, 1.82) is 0 Å². The van der Waals surface area contributed by atoms with Crippen molar-refractivity contribution in [3.8, 4) is 0 Å². The SMILES string of the molecule is C=C(C(=O)OC(C)(C)C(O)(C(F)(F)F)C(F)(F)F)C(F)(F)F.C=C(C)C(=O)OC(C(C)C)C(O)(C(F)(F)F)C(F)(F)F.C=C(C)C(=O)OC(C)(C)C(O)(C(F)(F)F)C(F)(F)F.C=C(F)C(=O)OC(C)(C)C(O)(C(F)(F)F)C(F)(F)F.C=CC(=O)OC(C(C)C)C(O)(C(F)(F)F)C(F)(F)F.C=CC(=O)OC(C)(C)C(O)(C(F)(F)F)C(F)(F)F.CC(C)(OC(=O)C1CC2C=CC1C2)C(O)(C(F)(F)F)C(F)(F)F. The van der Waals surface area contributed by atoms with Crippen LogP contribution in [0.5, 0.6) is 0 Å². The molecule has 0 amide bonds. The van der Waals surface area contributed by atoms with Crippen molar-refractivity contribution in [2.45, 2.75) is 296 Å². The molecule has 0 aromatic rings. The van der Waals surface area contributed by atoms with Gasteiger partial charge in [-0.15, -0.1) is 0 Å². The summed E-state index contributed by atoms with van der Waals surface area (Å²) in [6.45, 7) is 24.5. The van der Waals surface area contributed by atoms with E-state index in [1.165, 1.54) is 0 Å². The zero-order valence-corrected chi connectivity index (χ0v) is 73.2. The second-order valence-electron chi connectivity index (χ2n) is 32.0. The van der Waals surface area contributed by atoms with Gasteiger partial charge >= 0.3 is 134 Å². The van der Waals surface area contributed by atoms with Gasteiger partial charge in [0.25, 0.3) is 39.2 Å². The summed E-state index contributed by atoms with van der Waals surface area (Å²) >= 11 is 0.